The number of aliphatic hydroxyl groups is 11. The molecule has 3 aliphatic heterocycles. The SMILES string of the molecule is CCCCCCC/C=C\C/C=C\CCCCCCCCCCCCCCCCCC(=O)NC(COC1OC(CO)C(OC2OC(CO)C(OC3OC(CO)C(O)C(O)C3O)C(O)C2O)C(O)C1O)C(O)CCCCCCCCCCCCCCCCCCC. The number of carbonyl (C=O) groups is 1. The first-order valence-corrected chi connectivity index (χ1v) is 36.1. The molecule has 0 spiro atoms. The summed E-state index contributed by atoms with van der Waals surface area (Å²) in [5, 5.41) is 121. The lowest BCUT2D eigenvalue weighted by Gasteiger charge is -2.48. The van der Waals surface area contributed by atoms with E-state index in [0.717, 1.165) is 51.4 Å². The summed E-state index contributed by atoms with van der Waals surface area (Å²) in [7, 11) is 0. The maximum absolute atomic E-state index is 13.4. The van der Waals surface area contributed by atoms with Gasteiger partial charge in [-0.15, -0.1) is 0 Å². The van der Waals surface area contributed by atoms with E-state index in [-0.39, 0.29) is 18.9 Å². The summed E-state index contributed by atoms with van der Waals surface area (Å²) < 4.78 is 34.4. The third-order valence-electron chi connectivity index (χ3n) is 18.3. The molecule has 3 fully saturated rings. The quantitative estimate of drug-likeness (QED) is 0.0199. The first-order valence-electron chi connectivity index (χ1n) is 36.1. The molecule has 0 aromatic carbocycles. The van der Waals surface area contributed by atoms with Gasteiger partial charge in [0.05, 0.1) is 38.6 Å². The lowest BCUT2D eigenvalue weighted by Crippen LogP contribution is -2.66. The molecule has 0 bridgehead atoms. The Labute approximate surface area is 537 Å². The van der Waals surface area contributed by atoms with E-state index in [4.69, 9.17) is 28.4 Å². The van der Waals surface area contributed by atoms with Gasteiger partial charge in [0.25, 0.3) is 0 Å². The number of hydrogen-bond donors (Lipinski definition) is 12. The smallest absolute Gasteiger partial charge is 0.220 e. The summed E-state index contributed by atoms with van der Waals surface area (Å²) in [6.07, 6.45) is 32.5. The van der Waals surface area contributed by atoms with Crippen molar-refractivity contribution in [1.82, 2.24) is 5.32 Å². The Bertz CT molecular complexity index is 1710. The summed E-state index contributed by atoms with van der Waals surface area (Å²) in [6, 6.07) is -0.885. The van der Waals surface area contributed by atoms with Crippen LogP contribution in [0, 0.1) is 0 Å². The van der Waals surface area contributed by atoms with Crippen molar-refractivity contribution in [1.29, 1.82) is 0 Å². The van der Waals surface area contributed by atoms with Crippen molar-refractivity contribution in [3.05, 3.63) is 24.3 Å². The molecule has 17 unspecified atom stereocenters. The average molecular weight is 1270 g/mol. The van der Waals surface area contributed by atoms with Crippen LogP contribution >= 0.6 is 0 Å². The van der Waals surface area contributed by atoms with Gasteiger partial charge >= 0.3 is 0 Å². The summed E-state index contributed by atoms with van der Waals surface area (Å²) in [5.74, 6) is -0.239. The monoisotopic (exact) mass is 1270 g/mol. The van der Waals surface area contributed by atoms with Gasteiger partial charge in [-0.2, -0.15) is 0 Å². The minimum atomic E-state index is -1.97. The Hall–Kier alpha value is -1.73. The molecular formula is C70H131NO18. The van der Waals surface area contributed by atoms with Gasteiger partial charge in [0.2, 0.25) is 5.91 Å². The predicted molar refractivity (Wildman–Crippen MR) is 346 cm³/mol. The van der Waals surface area contributed by atoms with Crippen LogP contribution in [0.25, 0.3) is 0 Å². The molecule has 3 saturated heterocycles. The van der Waals surface area contributed by atoms with Crippen molar-refractivity contribution < 1.29 is 89.4 Å². The molecule has 3 heterocycles. The van der Waals surface area contributed by atoms with Crippen LogP contribution in [0.2, 0.25) is 0 Å². The molecule has 3 rings (SSSR count). The van der Waals surface area contributed by atoms with E-state index in [1.807, 2.05) is 0 Å². The fraction of sp³-hybridized carbons (Fsp3) is 0.929. The number of rotatable bonds is 56. The molecule has 0 saturated carbocycles. The van der Waals surface area contributed by atoms with Crippen LogP contribution in [0.15, 0.2) is 24.3 Å². The van der Waals surface area contributed by atoms with Crippen molar-refractivity contribution in [2.45, 2.75) is 388 Å². The lowest BCUT2D eigenvalue weighted by molar-refractivity contribution is -0.379. The van der Waals surface area contributed by atoms with Gasteiger partial charge in [-0.1, -0.05) is 256 Å². The van der Waals surface area contributed by atoms with Crippen LogP contribution < -0.4 is 5.32 Å². The number of nitrogens with one attached hydrogen (secondary N) is 1. The first kappa shape index (κ1) is 81.5. The van der Waals surface area contributed by atoms with E-state index in [0.29, 0.717) is 12.8 Å². The molecule has 0 aliphatic carbocycles. The Morgan fingerprint density at radius 2 is 0.742 bits per heavy atom. The van der Waals surface area contributed by atoms with Gasteiger partial charge in [0.15, 0.2) is 18.9 Å². The van der Waals surface area contributed by atoms with Crippen LogP contribution in [0.4, 0.5) is 0 Å². The summed E-state index contributed by atoms with van der Waals surface area (Å²) >= 11 is 0. The van der Waals surface area contributed by atoms with Crippen molar-refractivity contribution in [2.24, 2.45) is 0 Å². The number of allylic oxidation sites excluding steroid dienone is 4. The van der Waals surface area contributed by atoms with Gasteiger partial charge in [-0.05, 0) is 44.9 Å². The van der Waals surface area contributed by atoms with Crippen LogP contribution in [-0.4, -0.2) is 193 Å². The van der Waals surface area contributed by atoms with Gasteiger partial charge in [0.1, 0.15) is 73.2 Å². The van der Waals surface area contributed by atoms with Crippen molar-refractivity contribution in [2.75, 3.05) is 26.4 Å². The maximum atomic E-state index is 13.4. The van der Waals surface area contributed by atoms with E-state index in [1.54, 1.807) is 0 Å². The minimum absolute atomic E-state index is 0.239. The molecule has 0 aromatic heterocycles. The Morgan fingerprint density at radius 3 is 1.15 bits per heavy atom. The van der Waals surface area contributed by atoms with E-state index >= 15 is 0 Å². The molecule has 89 heavy (non-hydrogen) atoms. The van der Waals surface area contributed by atoms with Crippen LogP contribution in [0.5, 0.6) is 0 Å². The summed E-state index contributed by atoms with van der Waals surface area (Å²) in [4.78, 5) is 13.4. The number of carbonyl (C=O) groups excluding carboxylic acids is 1. The second-order valence-corrected chi connectivity index (χ2v) is 26.1. The molecule has 0 aromatic rings. The van der Waals surface area contributed by atoms with Crippen molar-refractivity contribution >= 4 is 5.91 Å². The highest BCUT2D eigenvalue weighted by Gasteiger charge is 2.53. The zero-order valence-electron chi connectivity index (χ0n) is 55.4. The fourth-order valence-electron chi connectivity index (χ4n) is 12.4. The number of unbranched alkanes of at least 4 members (excludes halogenated alkanes) is 36. The van der Waals surface area contributed by atoms with E-state index in [9.17, 15) is 61.0 Å². The Balaban J connectivity index is 1.40. The number of amides is 1. The molecule has 12 N–H and O–H groups in total. The lowest BCUT2D eigenvalue weighted by atomic mass is 9.96. The van der Waals surface area contributed by atoms with E-state index in [2.05, 4.69) is 43.5 Å². The third-order valence-corrected chi connectivity index (χ3v) is 18.3. The van der Waals surface area contributed by atoms with Gasteiger partial charge in [-0.3, -0.25) is 4.79 Å². The van der Waals surface area contributed by atoms with Crippen LogP contribution in [0.1, 0.15) is 284 Å². The Kier molecular flexibility index (Phi) is 48.1. The largest absolute Gasteiger partial charge is 0.394 e. The first-order chi connectivity index (χ1) is 43.3. The highest BCUT2D eigenvalue weighted by atomic mass is 16.8. The zero-order valence-corrected chi connectivity index (χ0v) is 55.4. The second kappa shape index (κ2) is 52.5. The van der Waals surface area contributed by atoms with Gasteiger partial charge in [0, 0.05) is 6.42 Å². The molecular weight excluding hydrogens is 1140 g/mol. The second-order valence-electron chi connectivity index (χ2n) is 26.1. The highest BCUT2D eigenvalue weighted by molar-refractivity contribution is 5.76. The predicted octanol–water partition coefficient (Wildman–Crippen LogP) is 9.83. The minimum Gasteiger partial charge on any atom is -0.394 e. The van der Waals surface area contributed by atoms with Crippen molar-refractivity contribution in [3.63, 3.8) is 0 Å². The number of hydrogen-bond acceptors (Lipinski definition) is 18. The van der Waals surface area contributed by atoms with Crippen LogP contribution in [0.3, 0.4) is 0 Å². The molecule has 19 heteroatoms. The molecule has 17 atom stereocenters. The van der Waals surface area contributed by atoms with Gasteiger partial charge in [-0.25, -0.2) is 0 Å². The number of ether oxygens (including phenoxy) is 6. The van der Waals surface area contributed by atoms with E-state index in [1.165, 1.54) is 199 Å². The fourth-order valence-corrected chi connectivity index (χ4v) is 12.4. The summed E-state index contributed by atoms with van der Waals surface area (Å²) in [5.41, 5.74) is 0. The molecule has 0 radical (unpaired) electrons. The molecule has 19 nitrogen and oxygen atoms in total. The number of aliphatic hydroxyl groups excluding tert-OH is 11. The average Bonchev–Trinajstić information content (AvgIpc) is 2.46. The third kappa shape index (κ3) is 34.5. The van der Waals surface area contributed by atoms with E-state index < -0.39 is 124 Å². The Morgan fingerprint density at radius 1 is 0.404 bits per heavy atom. The normalized spacial score (nSPS) is 28.3. The zero-order chi connectivity index (χ0) is 64.7. The van der Waals surface area contributed by atoms with Crippen molar-refractivity contribution in [3.8, 4) is 0 Å². The highest BCUT2D eigenvalue weighted by Crippen LogP contribution is 2.33. The van der Waals surface area contributed by atoms with Crippen LogP contribution in [-0.2, 0) is 33.2 Å². The topological polar surface area (TPSA) is 307 Å². The van der Waals surface area contributed by atoms with Gasteiger partial charge < -0.3 is 89.9 Å². The standard InChI is InChI=1S/C70H131NO18/c1-3-5-7-9-11-13-15-17-19-21-22-23-24-25-26-27-28-29-30-32-34-36-38-40-42-44-46-48-58(76)71-53(54(75)47-45-43-41-39-37-35-33-31-20-18-16-14-12-10-8-6-4-2)52-84-68-64(82)61(79)66(56(50-73)86-68)89-70-65(83)62(80)67(57(51-74)87-70)88-69-63(81)60(78)59(77)55(49-72)85-69/h15,17,21-22,53-57,59-70,72-75,77-83H,3-14,16,18-20,23-52H2,1-2H3,(H,71,76)/b17-15-,22-21-. The maximum Gasteiger partial charge on any atom is 0.220 e. The molecule has 3 aliphatic rings. The molecule has 524 valence electrons. The molecule has 1 amide bonds. The summed E-state index contributed by atoms with van der Waals surface area (Å²) in [6.45, 7) is 1.82.